The van der Waals surface area contributed by atoms with Crippen molar-refractivity contribution in [2.24, 2.45) is 0 Å². The first-order valence-corrected chi connectivity index (χ1v) is 7.77. The lowest BCUT2D eigenvalue weighted by atomic mass is 10.1. The van der Waals surface area contributed by atoms with Gasteiger partial charge in [-0.2, -0.15) is 0 Å². The molecular weight excluding hydrogens is 334 g/mol. The zero-order valence-electron chi connectivity index (χ0n) is 13.8. The van der Waals surface area contributed by atoms with Gasteiger partial charge < -0.3 is 14.9 Å². The number of rotatable bonds is 5. The van der Waals surface area contributed by atoms with Crippen LogP contribution in [0.5, 0.6) is 17.2 Å². The van der Waals surface area contributed by atoms with Gasteiger partial charge in [-0.25, -0.2) is 9.78 Å². The Morgan fingerprint density at radius 2 is 1.73 bits per heavy atom. The summed E-state index contributed by atoms with van der Waals surface area (Å²) in [5, 5.41) is 20.1. The van der Waals surface area contributed by atoms with Gasteiger partial charge in [-0.1, -0.05) is 18.2 Å². The molecule has 0 bridgehead atoms. The molecule has 0 aliphatic rings. The predicted molar refractivity (Wildman–Crippen MR) is 95.8 cm³/mol. The highest BCUT2D eigenvalue weighted by Crippen LogP contribution is 2.33. The Morgan fingerprint density at radius 3 is 2.42 bits per heavy atom. The minimum Gasteiger partial charge on any atom is -0.505 e. The van der Waals surface area contributed by atoms with E-state index in [0.29, 0.717) is 34.0 Å². The van der Waals surface area contributed by atoms with Crippen LogP contribution in [0.25, 0.3) is 10.8 Å². The van der Waals surface area contributed by atoms with Crippen LogP contribution in [0.4, 0.5) is 0 Å². The van der Waals surface area contributed by atoms with E-state index in [9.17, 15) is 14.7 Å². The van der Waals surface area contributed by atoms with Gasteiger partial charge in [-0.3, -0.25) is 4.79 Å². The van der Waals surface area contributed by atoms with Gasteiger partial charge in [-0.15, -0.1) is 0 Å². The molecule has 0 spiro atoms. The number of carbonyl (C=O) groups is 2. The van der Waals surface area contributed by atoms with Gasteiger partial charge in [0, 0.05) is 22.5 Å². The van der Waals surface area contributed by atoms with Crippen molar-refractivity contribution in [3.8, 4) is 17.2 Å². The molecule has 6 nitrogen and oxygen atoms in total. The van der Waals surface area contributed by atoms with E-state index in [1.165, 1.54) is 0 Å². The molecular formula is C20H15NO5. The Labute approximate surface area is 149 Å². The molecule has 0 amide bonds. The molecule has 0 saturated heterocycles. The standard InChI is InChI=1S/C20H15NO5/c1-12-16-11-14(26-13-5-3-2-4-6-13)7-8-15(16)20(25)19(21-12)17(22)9-10-18(23)24/h2-11,25H,1H3,(H,23,24)/b10-9+. The predicted octanol–water partition coefficient (Wildman–Crippen LogP) is 3.86. The number of aromatic nitrogens is 1. The number of para-hydroxylation sites is 1. The molecule has 1 heterocycles. The van der Waals surface area contributed by atoms with Crippen LogP contribution in [-0.4, -0.2) is 26.9 Å². The molecule has 3 aromatic rings. The number of nitrogens with zero attached hydrogens (tertiary/aromatic N) is 1. The summed E-state index contributed by atoms with van der Waals surface area (Å²) < 4.78 is 5.77. The van der Waals surface area contributed by atoms with E-state index in [-0.39, 0.29) is 11.4 Å². The van der Waals surface area contributed by atoms with Gasteiger partial charge in [0.05, 0.1) is 0 Å². The number of aliphatic carboxylic acids is 1. The second kappa shape index (κ2) is 7.06. The van der Waals surface area contributed by atoms with Crippen LogP contribution in [0.15, 0.2) is 60.7 Å². The smallest absolute Gasteiger partial charge is 0.328 e. The normalized spacial score (nSPS) is 11.0. The van der Waals surface area contributed by atoms with Crippen LogP contribution in [0, 0.1) is 6.92 Å². The van der Waals surface area contributed by atoms with Crippen LogP contribution in [-0.2, 0) is 4.79 Å². The van der Waals surface area contributed by atoms with Gasteiger partial charge in [0.25, 0.3) is 0 Å². The quantitative estimate of drug-likeness (QED) is 0.536. The minimum absolute atomic E-state index is 0.191. The number of allylic oxidation sites excluding steroid dienone is 1. The average Bonchev–Trinajstić information content (AvgIpc) is 2.63. The number of carboxylic acids is 1. The number of fused-ring (bicyclic) bond motifs is 1. The monoisotopic (exact) mass is 349 g/mol. The topological polar surface area (TPSA) is 96.7 Å². The van der Waals surface area contributed by atoms with Crippen molar-refractivity contribution >= 4 is 22.5 Å². The third-order valence-electron chi connectivity index (χ3n) is 3.73. The summed E-state index contributed by atoms with van der Waals surface area (Å²) in [6.07, 6.45) is 1.57. The molecule has 2 aromatic carbocycles. The summed E-state index contributed by atoms with van der Waals surface area (Å²) in [5.41, 5.74) is 0.326. The average molecular weight is 349 g/mol. The van der Waals surface area contributed by atoms with Crippen LogP contribution in [0.2, 0.25) is 0 Å². The molecule has 130 valence electrons. The fraction of sp³-hybridized carbons (Fsp3) is 0.0500. The Bertz CT molecular complexity index is 1030. The number of hydrogen-bond donors (Lipinski definition) is 2. The summed E-state index contributed by atoms with van der Waals surface area (Å²) in [6, 6.07) is 14.3. The van der Waals surface area contributed by atoms with Crippen molar-refractivity contribution in [1.82, 2.24) is 4.98 Å². The summed E-state index contributed by atoms with van der Waals surface area (Å²) in [5.74, 6) is -0.986. The van der Waals surface area contributed by atoms with E-state index in [2.05, 4.69) is 4.98 Å². The lowest BCUT2D eigenvalue weighted by Gasteiger charge is -2.11. The van der Waals surface area contributed by atoms with Crippen LogP contribution < -0.4 is 4.74 Å². The molecule has 0 aliphatic heterocycles. The highest BCUT2D eigenvalue weighted by molar-refractivity contribution is 6.10. The fourth-order valence-electron chi connectivity index (χ4n) is 2.52. The zero-order valence-corrected chi connectivity index (χ0v) is 13.8. The maximum Gasteiger partial charge on any atom is 0.328 e. The van der Waals surface area contributed by atoms with Crippen LogP contribution >= 0.6 is 0 Å². The number of aromatic hydroxyl groups is 1. The number of pyridine rings is 1. The third-order valence-corrected chi connectivity index (χ3v) is 3.73. The maximum absolute atomic E-state index is 12.1. The van der Waals surface area contributed by atoms with Gasteiger partial charge in [0.1, 0.15) is 11.5 Å². The molecule has 0 radical (unpaired) electrons. The zero-order chi connectivity index (χ0) is 18.7. The number of ether oxygens (including phenoxy) is 1. The van der Waals surface area contributed by atoms with E-state index >= 15 is 0 Å². The van der Waals surface area contributed by atoms with Gasteiger partial charge in [0.2, 0.25) is 5.78 Å². The van der Waals surface area contributed by atoms with E-state index in [1.807, 2.05) is 30.3 Å². The van der Waals surface area contributed by atoms with Crippen molar-refractivity contribution in [1.29, 1.82) is 0 Å². The lowest BCUT2D eigenvalue weighted by molar-refractivity contribution is -0.131. The second-order valence-corrected chi connectivity index (χ2v) is 5.55. The van der Waals surface area contributed by atoms with E-state index < -0.39 is 11.8 Å². The first-order chi connectivity index (χ1) is 12.5. The number of hydrogen-bond acceptors (Lipinski definition) is 5. The molecule has 3 rings (SSSR count). The number of benzene rings is 2. The van der Waals surface area contributed by atoms with Gasteiger partial charge >= 0.3 is 5.97 Å². The van der Waals surface area contributed by atoms with Crippen molar-refractivity contribution < 1.29 is 24.5 Å². The van der Waals surface area contributed by atoms with Crippen LogP contribution in [0.3, 0.4) is 0 Å². The molecule has 0 unspecified atom stereocenters. The number of ketones is 1. The van der Waals surface area contributed by atoms with E-state index in [1.54, 1.807) is 25.1 Å². The van der Waals surface area contributed by atoms with Crippen molar-refractivity contribution in [2.45, 2.75) is 6.92 Å². The summed E-state index contributed by atoms with van der Waals surface area (Å²) >= 11 is 0. The van der Waals surface area contributed by atoms with E-state index in [0.717, 1.165) is 6.08 Å². The Morgan fingerprint density at radius 1 is 1.00 bits per heavy atom. The van der Waals surface area contributed by atoms with Crippen molar-refractivity contribution in [3.05, 3.63) is 72.1 Å². The Balaban J connectivity index is 2.01. The molecule has 1 aromatic heterocycles. The van der Waals surface area contributed by atoms with Crippen molar-refractivity contribution in [3.63, 3.8) is 0 Å². The Kier molecular flexibility index (Phi) is 4.66. The van der Waals surface area contributed by atoms with Crippen LogP contribution in [0.1, 0.15) is 16.2 Å². The van der Waals surface area contributed by atoms with Gasteiger partial charge in [-0.05, 0) is 43.3 Å². The number of aryl methyl sites for hydroxylation is 1. The summed E-state index contributed by atoms with van der Waals surface area (Å²) in [4.78, 5) is 26.8. The number of carbonyl (C=O) groups excluding carboxylic acids is 1. The largest absolute Gasteiger partial charge is 0.505 e. The summed E-state index contributed by atoms with van der Waals surface area (Å²) in [7, 11) is 0. The van der Waals surface area contributed by atoms with E-state index in [4.69, 9.17) is 9.84 Å². The molecule has 0 saturated carbocycles. The molecule has 0 aliphatic carbocycles. The lowest BCUT2D eigenvalue weighted by Crippen LogP contribution is -2.03. The first-order valence-electron chi connectivity index (χ1n) is 7.77. The second-order valence-electron chi connectivity index (χ2n) is 5.55. The van der Waals surface area contributed by atoms with Gasteiger partial charge in [0.15, 0.2) is 11.4 Å². The van der Waals surface area contributed by atoms with Crippen molar-refractivity contribution in [2.75, 3.05) is 0 Å². The molecule has 0 atom stereocenters. The first kappa shape index (κ1) is 17.2. The fourth-order valence-corrected chi connectivity index (χ4v) is 2.52. The molecule has 0 fully saturated rings. The number of carboxylic acid groups (broad SMARTS) is 1. The molecule has 2 N–H and O–H groups in total. The SMILES string of the molecule is Cc1nc(C(=O)/C=C/C(=O)O)c(O)c2ccc(Oc3ccccc3)cc12. The minimum atomic E-state index is -1.25. The molecule has 26 heavy (non-hydrogen) atoms. The molecule has 6 heteroatoms. The Hall–Kier alpha value is -3.67. The highest BCUT2D eigenvalue weighted by atomic mass is 16.5. The highest BCUT2D eigenvalue weighted by Gasteiger charge is 2.17. The summed E-state index contributed by atoms with van der Waals surface area (Å²) in [6.45, 7) is 1.70. The third kappa shape index (κ3) is 3.54. The maximum atomic E-state index is 12.1.